The predicted octanol–water partition coefficient (Wildman–Crippen LogP) is 4.10. The summed E-state index contributed by atoms with van der Waals surface area (Å²) in [5.74, 6) is 0. The number of nitrogen functional groups attached to an aromatic ring is 1. The Morgan fingerprint density at radius 1 is 1.12 bits per heavy atom. The van der Waals surface area contributed by atoms with Crippen molar-refractivity contribution in [1.29, 1.82) is 0 Å². The fourth-order valence-corrected chi connectivity index (χ4v) is 1.83. The maximum Gasteiger partial charge on any atom is 0.0486 e. The van der Waals surface area contributed by atoms with Gasteiger partial charge in [-0.1, -0.05) is 23.7 Å². The van der Waals surface area contributed by atoms with E-state index in [9.17, 15) is 0 Å². The van der Waals surface area contributed by atoms with Crippen LogP contribution in [0.1, 0.15) is 18.5 Å². The van der Waals surface area contributed by atoms with Crippen LogP contribution in [-0.2, 0) is 0 Å². The summed E-state index contributed by atoms with van der Waals surface area (Å²) in [5, 5.41) is 4.14. The summed E-state index contributed by atoms with van der Waals surface area (Å²) in [6, 6.07) is 15.8. The molecule has 0 heterocycles. The summed E-state index contributed by atoms with van der Waals surface area (Å²) >= 11 is 5.84. The van der Waals surface area contributed by atoms with E-state index in [1.165, 1.54) is 5.56 Å². The maximum absolute atomic E-state index is 5.84. The largest absolute Gasteiger partial charge is 0.399 e. The van der Waals surface area contributed by atoms with Crippen LogP contribution in [-0.4, -0.2) is 0 Å². The fraction of sp³-hybridized carbons (Fsp3) is 0.143. The molecule has 1 unspecified atom stereocenters. The van der Waals surface area contributed by atoms with Crippen molar-refractivity contribution in [3.8, 4) is 0 Å². The molecule has 2 aromatic carbocycles. The van der Waals surface area contributed by atoms with Crippen molar-refractivity contribution in [1.82, 2.24) is 0 Å². The molecule has 0 fully saturated rings. The quantitative estimate of drug-likeness (QED) is 0.801. The van der Waals surface area contributed by atoms with E-state index in [4.69, 9.17) is 17.3 Å². The number of nitrogens with one attached hydrogen (secondary N) is 1. The van der Waals surface area contributed by atoms with E-state index in [1.54, 1.807) is 0 Å². The van der Waals surface area contributed by atoms with Gasteiger partial charge in [-0.15, -0.1) is 0 Å². The van der Waals surface area contributed by atoms with Crippen molar-refractivity contribution in [2.24, 2.45) is 0 Å². The molecule has 3 heteroatoms. The molecule has 2 rings (SSSR count). The molecular formula is C14H15ClN2. The molecule has 0 saturated carbocycles. The number of nitrogens with two attached hydrogens (primary N) is 1. The third-order valence-corrected chi connectivity index (χ3v) is 2.89. The first-order valence-corrected chi connectivity index (χ1v) is 5.90. The highest BCUT2D eigenvalue weighted by atomic mass is 35.5. The standard InChI is InChI=1S/C14H15ClN2/c1-10(11-3-2-4-13(16)9-11)17-14-7-5-12(15)6-8-14/h2-10,17H,16H2,1H3. The average Bonchev–Trinajstić information content (AvgIpc) is 2.32. The zero-order valence-electron chi connectivity index (χ0n) is 9.65. The number of halogens is 1. The number of benzene rings is 2. The molecule has 0 radical (unpaired) electrons. The molecule has 0 aliphatic carbocycles. The highest BCUT2D eigenvalue weighted by Crippen LogP contribution is 2.21. The third kappa shape index (κ3) is 3.14. The first-order chi connectivity index (χ1) is 8.15. The van der Waals surface area contributed by atoms with Crippen LogP contribution in [0.5, 0.6) is 0 Å². The van der Waals surface area contributed by atoms with Crippen molar-refractivity contribution in [3.63, 3.8) is 0 Å². The zero-order valence-corrected chi connectivity index (χ0v) is 10.4. The lowest BCUT2D eigenvalue weighted by atomic mass is 10.1. The number of rotatable bonds is 3. The molecule has 0 saturated heterocycles. The van der Waals surface area contributed by atoms with Crippen LogP contribution in [0.4, 0.5) is 11.4 Å². The second-order valence-electron chi connectivity index (χ2n) is 4.04. The summed E-state index contributed by atoms with van der Waals surface area (Å²) in [6.07, 6.45) is 0. The van der Waals surface area contributed by atoms with Gasteiger partial charge in [0.25, 0.3) is 0 Å². The van der Waals surface area contributed by atoms with Crippen LogP contribution in [0.25, 0.3) is 0 Å². The van der Waals surface area contributed by atoms with Gasteiger partial charge in [-0.2, -0.15) is 0 Å². The molecule has 1 atom stereocenters. The minimum atomic E-state index is 0.208. The topological polar surface area (TPSA) is 38.0 Å². The van der Waals surface area contributed by atoms with Gasteiger partial charge in [0, 0.05) is 22.4 Å². The summed E-state index contributed by atoms with van der Waals surface area (Å²) in [6.45, 7) is 2.10. The van der Waals surface area contributed by atoms with E-state index >= 15 is 0 Å². The molecule has 0 aliphatic rings. The lowest BCUT2D eigenvalue weighted by molar-refractivity contribution is 0.885. The summed E-state index contributed by atoms with van der Waals surface area (Å²) < 4.78 is 0. The SMILES string of the molecule is CC(Nc1ccc(Cl)cc1)c1cccc(N)c1. The van der Waals surface area contributed by atoms with Crippen LogP contribution in [0.3, 0.4) is 0 Å². The van der Waals surface area contributed by atoms with Gasteiger partial charge in [-0.3, -0.25) is 0 Å². The van der Waals surface area contributed by atoms with E-state index in [2.05, 4.69) is 18.3 Å². The summed E-state index contributed by atoms with van der Waals surface area (Å²) in [4.78, 5) is 0. The van der Waals surface area contributed by atoms with Gasteiger partial charge in [0.1, 0.15) is 0 Å². The molecule has 0 aliphatic heterocycles. The van der Waals surface area contributed by atoms with Gasteiger partial charge in [0.2, 0.25) is 0 Å². The Hall–Kier alpha value is -1.67. The second-order valence-corrected chi connectivity index (χ2v) is 4.48. The Labute approximate surface area is 106 Å². The average molecular weight is 247 g/mol. The van der Waals surface area contributed by atoms with Gasteiger partial charge in [0.05, 0.1) is 0 Å². The van der Waals surface area contributed by atoms with Gasteiger partial charge in [0.15, 0.2) is 0 Å². The van der Waals surface area contributed by atoms with E-state index in [0.717, 1.165) is 16.4 Å². The molecule has 2 aromatic rings. The summed E-state index contributed by atoms with van der Waals surface area (Å²) in [5.41, 5.74) is 8.76. The van der Waals surface area contributed by atoms with E-state index in [1.807, 2.05) is 42.5 Å². The molecule has 88 valence electrons. The Bertz CT molecular complexity index is 494. The first kappa shape index (κ1) is 11.8. The van der Waals surface area contributed by atoms with Crippen LogP contribution in [0.2, 0.25) is 5.02 Å². The minimum Gasteiger partial charge on any atom is -0.399 e. The predicted molar refractivity (Wildman–Crippen MR) is 74.3 cm³/mol. The van der Waals surface area contributed by atoms with Crippen LogP contribution in [0, 0.1) is 0 Å². The van der Waals surface area contributed by atoms with Gasteiger partial charge >= 0.3 is 0 Å². The normalized spacial score (nSPS) is 12.1. The molecule has 0 spiro atoms. The number of anilines is 2. The van der Waals surface area contributed by atoms with Gasteiger partial charge in [-0.05, 0) is 48.9 Å². The molecular weight excluding hydrogens is 232 g/mol. The van der Waals surface area contributed by atoms with Crippen molar-refractivity contribution >= 4 is 23.0 Å². The van der Waals surface area contributed by atoms with Crippen LogP contribution in [0.15, 0.2) is 48.5 Å². The zero-order chi connectivity index (χ0) is 12.3. The Morgan fingerprint density at radius 3 is 2.47 bits per heavy atom. The van der Waals surface area contributed by atoms with Crippen LogP contribution < -0.4 is 11.1 Å². The molecule has 0 bridgehead atoms. The lowest BCUT2D eigenvalue weighted by Crippen LogP contribution is -2.06. The first-order valence-electron chi connectivity index (χ1n) is 5.53. The maximum atomic E-state index is 5.84. The fourth-order valence-electron chi connectivity index (χ4n) is 1.71. The molecule has 3 N–H and O–H groups in total. The molecule has 17 heavy (non-hydrogen) atoms. The monoisotopic (exact) mass is 246 g/mol. The van der Waals surface area contributed by atoms with Crippen molar-refractivity contribution in [2.45, 2.75) is 13.0 Å². The Morgan fingerprint density at radius 2 is 1.82 bits per heavy atom. The van der Waals surface area contributed by atoms with E-state index in [-0.39, 0.29) is 6.04 Å². The minimum absolute atomic E-state index is 0.208. The Kier molecular flexibility index (Phi) is 3.55. The highest BCUT2D eigenvalue weighted by molar-refractivity contribution is 6.30. The molecule has 2 nitrogen and oxygen atoms in total. The van der Waals surface area contributed by atoms with Gasteiger partial charge in [-0.25, -0.2) is 0 Å². The van der Waals surface area contributed by atoms with Gasteiger partial charge < -0.3 is 11.1 Å². The number of hydrogen-bond donors (Lipinski definition) is 2. The van der Waals surface area contributed by atoms with Crippen molar-refractivity contribution < 1.29 is 0 Å². The highest BCUT2D eigenvalue weighted by Gasteiger charge is 2.05. The third-order valence-electron chi connectivity index (χ3n) is 2.64. The van der Waals surface area contributed by atoms with E-state index < -0.39 is 0 Å². The van der Waals surface area contributed by atoms with E-state index in [0.29, 0.717) is 0 Å². The summed E-state index contributed by atoms with van der Waals surface area (Å²) in [7, 11) is 0. The molecule has 0 amide bonds. The van der Waals surface area contributed by atoms with Crippen LogP contribution >= 0.6 is 11.6 Å². The molecule has 0 aromatic heterocycles. The number of hydrogen-bond acceptors (Lipinski definition) is 2. The Balaban J connectivity index is 2.11. The smallest absolute Gasteiger partial charge is 0.0486 e. The van der Waals surface area contributed by atoms with Crippen molar-refractivity contribution in [3.05, 3.63) is 59.1 Å². The van der Waals surface area contributed by atoms with Crippen molar-refractivity contribution in [2.75, 3.05) is 11.1 Å². The second kappa shape index (κ2) is 5.11. The lowest BCUT2D eigenvalue weighted by Gasteiger charge is -2.16.